The summed E-state index contributed by atoms with van der Waals surface area (Å²) in [5.41, 5.74) is 4.33. The van der Waals surface area contributed by atoms with Gasteiger partial charge in [-0.2, -0.15) is 15.3 Å². The maximum Gasteiger partial charge on any atom is 0.199 e. The Balaban J connectivity index is 1.69. The van der Waals surface area contributed by atoms with Gasteiger partial charge in [-0.15, -0.1) is 0 Å². The molecule has 1 aliphatic heterocycles. The third-order valence-corrected chi connectivity index (χ3v) is 5.71. The Morgan fingerprint density at radius 1 is 0.656 bits per heavy atom. The molecule has 1 atom stereocenters. The van der Waals surface area contributed by atoms with Crippen LogP contribution in [0.1, 0.15) is 24.0 Å². The topological polar surface area (TPSA) is 40.3 Å². The van der Waals surface area contributed by atoms with Crippen molar-refractivity contribution in [1.29, 1.82) is 0 Å². The second kappa shape index (κ2) is 8.98. The van der Waals surface area contributed by atoms with Crippen molar-refractivity contribution in [1.82, 2.24) is 0 Å². The largest absolute Gasteiger partial charge is 0.232 e. The summed E-state index contributed by atoms with van der Waals surface area (Å²) < 4.78 is 0. The molecule has 5 rings (SSSR count). The standard InChI is InChI=1S/C28H24N4/c1-5-13-23(14-6-1)27-21-22-28(24-15-7-2-8-16-24,31-29-25-17-9-3-10-18-25)32(30-27)26-19-11-4-12-20-26/h1-20H,21-22H2/t28-/m0/s1. The second-order valence-electron chi connectivity index (χ2n) is 7.78. The van der Waals surface area contributed by atoms with Crippen molar-refractivity contribution in [3.63, 3.8) is 0 Å². The molecule has 0 spiro atoms. The maximum atomic E-state index is 5.16. The summed E-state index contributed by atoms with van der Waals surface area (Å²) in [5, 5.41) is 16.9. The van der Waals surface area contributed by atoms with Gasteiger partial charge in [-0.05, 0) is 36.2 Å². The number of hydrogen-bond donors (Lipinski definition) is 0. The van der Waals surface area contributed by atoms with E-state index in [9.17, 15) is 0 Å². The Hall–Kier alpha value is -4.05. The van der Waals surface area contributed by atoms with Crippen molar-refractivity contribution in [3.8, 4) is 0 Å². The average molecular weight is 417 g/mol. The molecule has 0 saturated heterocycles. The van der Waals surface area contributed by atoms with Crippen molar-refractivity contribution in [2.75, 3.05) is 5.01 Å². The predicted molar refractivity (Wildman–Crippen MR) is 130 cm³/mol. The van der Waals surface area contributed by atoms with E-state index in [0.717, 1.165) is 41.1 Å². The van der Waals surface area contributed by atoms with Crippen LogP contribution in [0.15, 0.2) is 137 Å². The molecule has 0 aliphatic carbocycles. The summed E-state index contributed by atoms with van der Waals surface area (Å²) >= 11 is 0. The Kier molecular flexibility index (Phi) is 5.58. The summed E-state index contributed by atoms with van der Waals surface area (Å²) in [7, 11) is 0. The molecule has 0 radical (unpaired) electrons. The van der Waals surface area contributed by atoms with Crippen molar-refractivity contribution in [2.24, 2.45) is 15.3 Å². The van der Waals surface area contributed by atoms with Gasteiger partial charge in [-0.1, -0.05) is 97.1 Å². The lowest BCUT2D eigenvalue weighted by Gasteiger charge is -2.42. The van der Waals surface area contributed by atoms with Crippen LogP contribution in [0.2, 0.25) is 0 Å². The number of para-hydroxylation sites is 1. The lowest BCUT2D eigenvalue weighted by atomic mass is 9.89. The molecule has 0 N–H and O–H groups in total. The van der Waals surface area contributed by atoms with E-state index in [1.807, 2.05) is 65.7 Å². The molecule has 0 aromatic heterocycles. The van der Waals surface area contributed by atoms with Gasteiger partial charge in [0.15, 0.2) is 5.66 Å². The molecule has 4 heteroatoms. The number of hydrazone groups is 1. The Morgan fingerprint density at radius 2 is 1.22 bits per heavy atom. The van der Waals surface area contributed by atoms with Crippen LogP contribution >= 0.6 is 0 Å². The number of nitrogens with zero attached hydrogens (tertiary/aromatic N) is 4. The molecule has 4 aromatic rings. The van der Waals surface area contributed by atoms with E-state index in [4.69, 9.17) is 10.2 Å². The van der Waals surface area contributed by atoms with Gasteiger partial charge in [-0.25, -0.2) is 5.01 Å². The molecule has 1 heterocycles. The highest BCUT2D eigenvalue weighted by Crippen LogP contribution is 2.43. The van der Waals surface area contributed by atoms with Crippen LogP contribution < -0.4 is 5.01 Å². The first-order valence-corrected chi connectivity index (χ1v) is 10.9. The van der Waals surface area contributed by atoms with E-state index in [2.05, 4.69) is 65.8 Å². The molecule has 4 aromatic carbocycles. The third kappa shape index (κ3) is 3.95. The summed E-state index contributed by atoms with van der Waals surface area (Å²) in [4.78, 5) is 0. The molecule has 32 heavy (non-hydrogen) atoms. The molecule has 0 unspecified atom stereocenters. The van der Waals surface area contributed by atoms with Gasteiger partial charge in [-0.3, -0.25) is 0 Å². The fraction of sp³-hybridized carbons (Fsp3) is 0.107. The van der Waals surface area contributed by atoms with E-state index in [-0.39, 0.29) is 0 Å². The van der Waals surface area contributed by atoms with Crippen LogP contribution in [0.5, 0.6) is 0 Å². The van der Waals surface area contributed by atoms with Gasteiger partial charge in [0.05, 0.1) is 17.1 Å². The Labute approximate surface area is 188 Å². The van der Waals surface area contributed by atoms with Gasteiger partial charge < -0.3 is 0 Å². The van der Waals surface area contributed by atoms with Gasteiger partial charge in [0.25, 0.3) is 0 Å². The highest BCUT2D eigenvalue weighted by molar-refractivity contribution is 6.01. The SMILES string of the molecule is c1ccc(N=N[C@@]2(c3ccccc3)CCC(c3ccccc3)=NN2c2ccccc2)cc1. The zero-order valence-electron chi connectivity index (χ0n) is 17.8. The van der Waals surface area contributed by atoms with Crippen LogP contribution in [-0.4, -0.2) is 5.71 Å². The van der Waals surface area contributed by atoms with E-state index >= 15 is 0 Å². The predicted octanol–water partition coefficient (Wildman–Crippen LogP) is 7.33. The fourth-order valence-electron chi connectivity index (χ4n) is 4.08. The zero-order chi connectivity index (χ0) is 21.6. The molecule has 0 fully saturated rings. The quantitative estimate of drug-likeness (QED) is 0.314. The van der Waals surface area contributed by atoms with Crippen LogP contribution in [-0.2, 0) is 5.66 Å². The number of rotatable bonds is 5. The van der Waals surface area contributed by atoms with Crippen LogP contribution in [0.3, 0.4) is 0 Å². The summed E-state index contributed by atoms with van der Waals surface area (Å²) in [6.45, 7) is 0. The Bertz CT molecular complexity index is 1210. The molecule has 156 valence electrons. The highest BCUT2D eigenvalue weighted by atomic mass is 15.6. The van der Waals surface area contributed by atoms with E-state index < -0.39 is 5.66 Å². The van der Waals surface area contributed by atoms with Crippen LogP contribution in [0, 0.1) is 0 Å². The normalized spacial score (nSPS) is 18.5. The Morgan fingerprint density at radius 3 is 1.88 bits per heavy atom. The number of azo groups is 1. The van der Waals surface area contributed by atoms with E-state index in [1.165, 1.54) is 0 Å². The molecule has 0 amide bonds. The van der Waals surface area contributed by atoms with Gasteiger partial charge in [0, 0.05) is 12.0 Å². The molecule has 1 aliphatic rings. The number of hydrogen-bond acceptors (Lipinski definition) is 4. The lowest BCUT2D eigenvalue weighted by Crippen LogP contribution is -2.45. The number of benzene rings is 4. The first kappa shape index (κ1) is 19.9. The molecular formula is C28H24N4. The van der Waals surface area contributed by atoms with Crippen molar-refractivity contribution in [3.05, 3.63) is 132 Å². The van der Waals surface area contributed by atoms with E-state index in [1.54, 1.807) is 0 Å². The first-order valence-electron chi connectivity index (χ1n) is 10.9. The average Bonchev–Trinajstić information content (AvgIpc) is 2.89. The minimum Gasteiger partial charge on any atom is -0.232 e. The van der Waals surface area contributed by atoms with Gasteiger partial charge >= 0.3 is 0 Å². The third-order valence-electron chi connectivity index (χ3n) is 5.71. The smallest absolute Gasteiger partial charge is 0.199 e. The molecule has 0 bridgehead atoms. The second-order valence-corrected chi connectivity index (χ2v) is 7.78. The molecular weight excluding hydrogens is 392 g/mol. The molecule has 0 saturated carbocycles. The minimum absolute atomic E-state index is 0.739. The van der Waals surface area contributed by atoms with Crippen molar-refractivity contribution < 1.29 is 0 Å². The monoisotopic (exact) mass is 416 g/mol. The summed E-state index contributed by atoms with van der Waals surface area (Å²) in [6.07, 6.45) is 1.56. The summed E-state index contributed by atoms with van der Waals surface area (Å²) in [6, 6.07) is 40.8. The van der Waals surface area contributed by atoms with E-state index in [0.29, 0.717) is 0 Å². The van der Waals surface area contributed by atoms with Crippen LogP contribution in [0.25, 0.3) is 0 Å². The fourth-order valence-corrected chi connectivity index (χ4v) is 4.08. The van der Waals surface area contributed by atoms with Gasteiger partial charge in [0.2, 0.25) is 0 Å². The van der Waals surface area contributed by atoms with Crippen molar-refractivity contribution >= 4 is 17.1 Å². The molecule has 4 nitrogen and oxygen atoms in total. The first-order chi connectivity index (χ1) is 15.9. The van der Waals surface area contributed by atoms with Gasteiger partial charge in [0.1, 0.15) is 0 Å². The minimum atomic E-state index is -0.739. The van der Waals surface area contributed by atoms with Crippen LogP contribution in [0.4, 0.5) is 11.4 Å². The van der Waals surface area contributed by atoms with Crippen molar-refractivity contribution in [2.45, 2.75) is 18.5 Å². The lowest BCUT2D eigenvalue weighted by molar-refractivity contribution is 0.366. The number of anilines is 1. The maximum absolute atomic E-state index is 5.16. The summed E-state index contributed by atoms with van der Waals surface area (Å²) in [5.74, 6) is 0. The zero-order valence-corrected chi connectivity index (χ0v) is 17.8. The highest BCUT2D eigenvalue weighted by Gasteiger charge is 2.43.